The van der Waals surface area contributed by atoms with Gasteiger partial charge in [0, 0.05) is 29.4 Å². The summed E-state index contributed by atoms with van der Waals surface area (Å²) in [5.41, 5.74) is -0.435. The highest BCUT2D eigenvalue weighted by atomic mass is 35.5. The molecule has 0 atom stereocenters. The number of benzene rings is 1. The normalized spacial score (nSPS) is 13.9. The first-order valence-corrected chi connectivity index (χ1v) is 8.94. The highest BCUT2D eigenvalue weighted by Crippen LogP contribution is 2.35. The average Bonchev–Trinajstić information content (AvgIpc) is 3.01. The van der Waals surface area contributed by atoms with Crippen LogP contribution in [0, 0.1) is 10.1 Å². The SMILES string of the molecule is O=C(NCCn1nc(C(F)(F)F)c2c1CCCC2)c1ccc(Cl)c([N+](=O)[O-])c1. The topological polar surface area (TPSA) is 90.1 Å². The molecule has 28 heavy (non-hydrogen) atoms. The van der Waals surface area contributed by atoms with Crippen molar-refractivity contribution >= 4 is 23.2 Å². The van der Waals surface area contributed by atoms with Crippen LogP contribution >= 0.6 is 11.6 Å². The van der Waals surface area contributed by atoms with Gasteiger partial charge in [-0.1, -0.05) is 11.6 Å². The van der Waals surface area contributed by atoms with Crippen molar-refractivity contribution in [2.24, 2.45) is 0 Å². The van der Waals surface area contributed by atoms with Gasteiger partial charge >= 0.3 is 6.18 Å². The third-order valence-corrected chi connectivity index (χ3v) is 4.86. The number of amides is 1. The molecule has 1 aliphatic rings. The number of nitro groups is 1. The van der Waals surface area contributed by atoms with Crippen LogP contribution in [-0.2, 0) is 25.6 Å². The number of alkyl halides is 3. The fourth-order valence-corrected chi connectivity index (χ4v) is 3.44. The number of halogens is 4. The van der Waals surface area contributed by atoms with Crippen LogP contribution in [0.4, 0.5) is 18.9 Å². The molecule has 2 aromatic rings. The Bertz CT molecular complexity index is 927. The van der Waals surface area contributed by atoms with Crippen molar-refractivity contribution < 1.29 is 22.9 Å². The Labute approximate surface area is 162 Å². The summed E-state index contributed by atoms with van der Waals surface area (Å²) in [6, 6.07) is 3.63. The van der Waals surface area contributed by atoms with Gasteiger partial charge in [-0.2, -0.15) is 18.3 Å². The predicted molar refractivity (Wildman–Crippen MR) is 94.3 cm³/mol. The number of hydrogen-bond acceptors (Lipinski definition) is 4. The first-order chi connectivity index (χ1) is 13.2. The van der Waals surface area contributed by atoms with E-state index in [1.807, 2.05) is 0 Å². The third kappa shape index (κ3) is 4.11. The molecular formula is C17H16ClF3N4O3. The molecule has 0 spiro atoms. The minimum Gasteiger partial charge on any atom is -0.350 e. The Morgan fingerprint density at radius 2 is 2.04 bits per heavy atom. The second kappa shape index (κ2) is 7.78. The zero-order chi connectivity index (χ0) is 20.5. The van der Waals surface area contributed by atoms with Gasteiger partial charge in [0.15, 0.2) is 5.69 Å². The van der Waals surface area contributed by atoms with Crippen LogP contribution in [0.25, 0.3) is 0 Å². The first kappa shape index (κ1) is 20.1. The molecule has 0 unspecified atom stereocenters. The first-order valence-electron chi connectivity index (χ1n) is 8.56. The molecule has 11 heteroatoms. The van der Waals surface area contributed by atoms with E-state index in [-0.39, 0.29) is 29.2 Å². The highest BCUT2D eigenvalue weighted by molar-refractivity contribution is 6.32. The van der Waals surface area contributed by atoms with Crippen LogP contribution in [0.15, 0.2) is 18.2 Å². The zero-order valence-electron chi connectivity index (χ0n) is 14.6. The van der Waals surface area contributed by atoms with E-state index >= 15 is 0 Å². The third-order valence-electron chi connectivity index (χ3n) is 4.54. The van der Waals surface area contributed by atoms with Gasteiger partial charge in [0.1, 0.15) is 5.02 Å². The van der Waals surface area contributed by atoms with E-state index in [1.165, 1.54) is 16.8 Å². The van der Waals surface area contributed by atoms with E-state index in [9.17, 15) is 28.1 Å². The Hall–Kier alpha value is -2.62. The van der Waals surface area contributed by atoms with Crippen LogP contribution in [0.5, 0.6) is 0 Å². The fraction of sp³-hybridized carbons (Fsp3) is 0.412. The van der Waals surface area contributed by atoms with Crippen LogP contribution in [0.1, 0.15) is 40.2 Å². The van der Waals surface area contributed by atoms with Gasteiger partial charge in [-0.05, 0) is 37.8 Å². The van der Waals surface area contributed by atoms with Crippen molar-refractivity contribution in [2.45, 2.75) is 38.4 Å². The van der Waals surface area contributed by atoms with E-state index in [0.29, 0.717) is 25.0 Å². The Morgan fingerprint density at radius 1 is 1.32 bits per heavy atom. The van der Waals surface area contributed by atoms with E-state index < -0.39 is 28.4 Å². The summed E-state index contributed by atoms with van der Waals surface area (Å²) in [5, 5.41) is 17.1. The van der Waals surface area contributed by atoms with Gasteiger partial charge in [-0.25, -0.2) is 0 Å². The number of nitrogens with one attached hydrogen (secondary N) is 1. The Kier molecular flexibility index (Phi) is 5.59. The minimum atomic E-state index is -4.52. The summed E-state index contributed by atoms with van der Waals surface area (Å²) in [6.45, 7) is 0.0977. The maximum Gasteiger partial charge on any atom is 0.435 e. The van der Waals surface area contributed by atoms with Crippen LogP contribution in [-0.4, -0.2) is 27.2 Å². The Balaban J connectivity index is 1.70. The molecule has 1 N–H and O–H groups in total. The van der Waals surface area contributed by atoms with E-state index in [4.69, 9.17) is 11.6 Å². The molecule has 1 aliphatic carbocycles. The number of aromatic nitrogens is 2. The van der Waals surface area contributed by atoms with Crippen molar-refractivity contribution in [3.8, 4) is 0 Å². The number of nitro benzene ring substituents is 1. The summed E-state index contributed by atoms with van der Waals surface area (Å²) in [7, 11) is 0. The molecule has 0 fully saturated rings. The van der Waals surface area contributed by atoms with Crippen molar-refractivity contribution in [3.05, 3.63) is 55.9 Å². The number of fused-ring (bicyclic) bond motifs is 1. The molecule has 1 aromatic carbocycles. The van der Waals surface area contributed by atoms with Crippen LogP contribution < -0.4 is 5.32 Å². The fourth-order valence-electron chi connectivity index (χ4n) is 3.25. The second-order valence-corrected chi connectivity index (χ2v) is 6.79. The molecule has 7 nitrogen and oxygen atoms in total. The van der Waals surface area contributed by atoms with Crippen LogP contribution in [0.3, 0.4) is 0 Å². The van der Waals surface area contributed by atoms with Crippen LogP contribution in [0.2, 0.25) is 5.02 Å². The maximum absolute atomic E-state index is 13.2. The van der Waals surface area contributed by atoms with Gasteiger partial charge in [0.2, 0.25) is 0 Å². The molecule has 1 aromatic heterocycles. The summed E-state index contributed by atoms with van der Waals surface area (Å²) in [5.74, 6) is -0.586. The Morgan fingerprint density at radius 3 is 2.71 bits per heavy atom. The van der Waals surface area contributed by atoms with E-state index in [0.717, 1.165) is 12.5 Å². The predicted octanol–water partition coefficient (Wildman–Crippen LogP) is 3.77. The molecule has 150 valence electrons. The van der Waals surface area contributed by atoms with Gasteiger partial charge < -0.3 is 5.32 Å². The largest absolute Gasteiger partial charge is 0.435 e. The molecule has 0 saturated carbocycles. The molecule has 0 saturated heterocycles. The number of hydrogen-bond donors (Lipinski definition) is 1. The summed E-state index contributed by atoms with van der Waals surface area (Å²) >= 11 is 5.71. The summed E-state index contributed by atoms with van der Waals surface area (Å²) in [4.78, 5) is 22.4. The monoisotopic (exact) mass is 416 g/mol. The van der Waals surface area contributed by atoms with Gasteiger partial charge in [0.05, 0.1) is 11.5 Å². The molecular weight excluding hydrogens is 401 g/mol. The van der Waals surface area contributed by atoms with E-state index in [1.54, 1.807) is 0 Å². The molecule has 0 radical (unpaired) electrons. The zero-order valence-corrected chi connectivity index (χ0v) is 15.3. The van der Waals surface area contributed by atoms with Crippen molar-refractivity contribution in [1.82, 2.24) is 15.1 Å². The molecule has 3 rings (SSSR count). The van der Waals surface area contributed by atoms with E-state index in [2.05, 4.69) is 10.4 Å². The molecule has 0 bridgehead atoms. The number of carbonyl (C=O) groups is 1. The molecule has 1 heterocycles. The quantitative estimate of drug-likeness (QED) is 0.593. The van der Waals surface area contributed by atoms with Gasteiger partial charge in [0.25, 0.3) is 11.6 Å². The van der Waals surface area contributed by atoms with Crippen molar-refractivity contribution in [3.63, 3.8) is 0 Å². The van der Waals surface area contributed by atoms with Crippen molar-refractivity contribution in [1.29, 1.82) is 0 Å². The van der Waals surface area contributed by atoms with Crippen molar-refractivity contribution in [2.75, 3.05) is 6.54 Å². The molecule has 1 amide bonds. The lowest BCUT2D eigenvalue weighted by Crippen LogP contribution is -2.28. The summed E-state index contributed by atoms with van der Waals surface area (Å²) < 4.78 is 40.8. The minimum absolute atomic E-state index is 0.0284. The lowest BCUT2D eigenvalue weighted by Gasteiger charge is -2.15. The molecule has 0 aliphatic heterocycles. The lowest BCUT2D eigenvalue weighted by molar-refractivity contribution is -0.384. The highest BCUT2D eigenvalue weighted by Gasteiger charge is 2.39. The maximum atomic E-state index is 13.2. The number of carbonyl (C=O) groups excluding carboxylic acids is 1. The number of rotatable bonds is 5. The summed E-state index contributed by atoms with van der Waals surface area (Å²) in [6.07, 6.45) is -2.19. The van der Waals surface area contributed by atoms with Gasteiger partial charge in [-0.15, -0.1) is 0 Å². The second-order valence-electron chi connectivity index (χ2n) is 6.38. The smallest absolute Gasteiger partial charge is 0.350 e. The van der Waals surface area contributed by atoms with Gasteiger partial charge in [-0.3, -0.25) is 19.6 Å². The number of nitrogens with zero attached hydrogens (tertiary/aromatic N) is 3. The standard InChI is InChI=1S/C17H16ClF3N4O3/c18-12-6-5-10(9-14(12)25(27)28)16(26)22-7-8-24-13-4-2-1-3-11(13)15(23-24)17(19,20)21/h5-6,9H,1-4,7-8H2,(H,22,26). The lowest BCUT2D eigenvalue weighted by atomic mass is 9.95. The average molecular weight is 417 g/mol.